The maximum atomic E-state index is 11.8. The Bertz CT molecular complexity index is 716. The molecule has 0 saturated heterocycles. The van der Waals surface area contributed by atoms with Gasteiger partial charge in [0.2, 0.25) is 0 Å². The van der Waals surface area contributed by atoms with E-state index in [4.69, 9.17) is 0 Å². The third kappa shape index (κ3) is 2.54. The lowest BCUT2D eigenvalue weighted by atomic mass is 10.1. The van der Waals surface area contributed by atoms with Crippen molar-refractivity contribution in [3.8, 4) is 0 Å². The lowest BCUT2D eigenvalue weighted by molar-refractivity contribution is 0.601. The zero-order chi connectivity index (χ0) is 14.2. The molecule has 0 atom stereocenters. The first-order valence-electron chi connectivity index (χ1n) is 6.52. The molecule has 20 heavy (non-hydrogen) atoms. The zero-order valence-corrected chi connectivity index (χ0v) is 12.0. The SMILES string of the molecule is CS(=O)(=O)c1cccnc1NC1Cc2ccccc2C1. The summed E-state index contributed by atoms with van der Waals surface area (Å²) in [7, 11) is -3.27. The van der Waals surface area contributed by atoms with Crippen molar-refractivity contribution in [3.05, 3.63) is 53.7 Å². The van der Waals surface area contributed by atoms with Crippen LogP contribution in [0.5, 0.6) is 0 Å². The topological polar surface area (TPSA) is 59.1 Å². The molecular weight excluding hydrogens is 272 g/mol. The highest BCUT2D eigenvalue weighted by Crippen LogP contribution is 2.26. The second-order valence-corrected chi connectivity index (χ2v) is 7.12. The predicted molar refractivity (Wildman–Crippen MR) is 78.6 cm³/mol. The first kappa shape index (κ1) is 13.1. The molecule has 0 radical (unpaired) electrons. The fourth-order valence-electron chi connectivity index (χ4n) is 2.65. The molecule has 0 fully saturated rings. The van der Waals surface area contributed by atoms with Crippen LogP contribution < -0.4 is 5.32 Å². The summed E-state index contributed by atoms with van der Waals surface area (Å²) < 4.78 is 23.5. The zero-order valence-electron chi connectivity index (χ0n) is 11.2. The Morgan fingerprint density at radius 1 is 1.10 bits per heavy atom. The number of anilines is 1. The van der Waals surface area contributed by atoms with Gasteiger partial charge in [-0.05, 0) is 36.1 Å². The van der Waals surface area contributed by atoms with Crippen LogP contribution in [-0.2, 0) is 22.7 Å². The van der Waals surface area contributed by atoms with Crippen LogP contribution in [0, 0.1) is 0 Å². The average Bonchev–Trinajstić information content (AvgIpc) is 2.80. The van der Waals surface area contributed by atoms with Gasteiger partial charge in [0.1, 0.15) is 10.7 Å². The summed E-state index contributed by atoms with van der Waals surface area (Å²) in [4.78, 5) is 4.44. The van der Waals surface area contributed by atoms with E-state index in [-0.39, 0.29) is 10.9 Å². The Hall–Kier alpha value is -1.88. The molecule has 3 rings (SSSR count). The highest BCUT2D eigenvalue weighted by Gasteiger charge is 2.23. The molecule has 0 aliphatic heterocycles. The van der Waals surface area contributed by atoms with Gasteiger partial charge in [0, 0.05) is 18.5 Å². The van der Waals surface area contributed by atoms with Gasteiger partial charge in [-0.15, -0.1) is 0 Å². The fraction of sp³-hybridized carbons (Fsp3) is 0.267. The van der Waals surface area contributed by atoms with Crippen molar-refractivity contribution in [1.29, 1.82) is 0 Å². The number of sulfone groups is 1. The van der Waals surface area contributed by atoms with Crippen LogP contribution in [0.2, 0.25) is 0 Å². The van der Waals surface area contributed by atoms with Crippen molar-refractivity contribution in [2.45, 2.75) is 23.8 Å². The van der Waals surface area contributed by atoms with Crippen molar-refractivity contribution in [2.75, 3.05) is 11.6 Å². The molecule has 1 aromatic heterocycles. The van der Waals surface area contributed by atoms with Gasteiger partial charge in [-0.1, -0.05) is 24.3 Å². The number of aromatic nitrogens is 1. The van der Waals surface area contributed by atoms with E-state index in [0.717, 1.165) is 12.8 Å². The van der Waals surface area contributed by atoms with Gasteiger partial charge in [-0.2, -0.15) is 0 Å². The summed E-state index contributed by atoms with van der Waals surface area (Å²) in [6, 6.07) is 11.7. The molecule has 1 aliphatic carbocycles. The van der Waals surface area contributed by atoms with Crippen molar-refractivity contribution in [3.63, 3.8) is 0 Å². The molecule has 0 spiro atoms. The summed E-state index contributed by atoms with van der Waals surface area (Å²) >= 11 is 0. The van der Waals surface area contributed by atoms with E-state index in [0.29, 0.717) is 5.82 Å². The Labute approximate surface area is 118 Å². The first-order valence-corrected chi connectivity index (χ1v) is 8.41. The second kappa shape index (κ2) is 4.90. The van der Waals surface area contributed by atoms with Crippen LogP contribution in [0.3, 0.4) is 0 Å². The third-order valence-corrected chi connectivity index (χ3v) is 4.69. The maximum Gasteiger partial charge on any atom is 0.179 e. The molecule has 0 unspecified atom stereocenters. The number of benzene rings is 1. The minimum absolute atomic E-state index is 0.197. The van der Waals surface area contributed by atoms with Crippen LogP contribution in [0.25, 0.3) is 0 Å². The first-order chi connectivity index (χ1) is 9.54. The lowest BCUT2D eigenvalue weighted by Crippen LogP contribution is -2.21. The van der Waals surface area contributed by atoms with Crippen molar-refractivity contribution in [2.24, 2.45) is 0 Å². The maximum absolute atomic E-state index is 11.8. The molecule has 0 amide bonds. The Morgan fingerprint density at radius 3 is 2.35 bits per heavy atom. The van der Waals surface area contributed by atoms with Crippen LogP contribution in [0.15, 0.2) is 47.5 Å². The van der Waals surface area contributed by atoms with Gasteiger partial charge < -0.3 is 5.32 Å². The summed E-state index contributed by atoms with van der Waals surface area (Å²) in [6.07, 6.45) is 4.61. The molecule has 2 aromatic rings. The van der Waals surface area contributed by atoms with Crippen LogP contribution in [0.1, 0.15) is 11.1 Å². The van der Waals surface area contributed by atoms with Gasteiger partial charge in [0.25, 0.3) is 0 Å². The highest BCUT2D eigenvalue weighted by molar-refractivity contribution is 7.90. The molecular formula is C15H16N2O2S. The monoisotopic (exact) mass is 288 g/mol. The molecule has 0 bridgehead atoms. The summed E-state index contributed by atoms with van der Waals surface area (Å²) in [5.74, 6) is 0.452. The third-order valence-electron chi connectivity index (χ3n) is 3.56. The molecule has 1 aliphatic rings. The minimum atomic E-state index is -3.27. The number of fused-ring (bicyclic) bond motifs is 1. The van der Waals surface area contributed by atoms with E-state index >= 15 is 0 Å². The lowest BCUT2D eigenvalue weighted by Gasteiger charge is -2.15. The molecule has 0 saturated carbocycles. The predicted octanol–water partition coefficient (Wildman–Crippen LogP) is 2.06. The standard InChI is InChI=1S/C15H16N2O2S/c1-20(18,19)14-7-4-8-16-15(14)17-13-9-11-5-2-3-6-12(11)10-13/h2-8,13H,9-10H2,1H3,(H,16,17). The van der Waals surface area contributed by atoms with Crippen LogP contribution >= 0.6 is 0 Å². The number of nitrogens with zero attached hydrogens (tertiary/aromatic N) is 1. The van der Waals surface area contributed by atoms with Gasteiger partial charge >= 0.3 is 0 Å². The molecule has 104 valence electrons. The highest BCUT2D eigenvalue weighted by atomic mass is 32.2. The van der Waals surface area contributed by atoms with Crippen molar-refractivity contribution < 1.29 is 8.42 Å². The number of pyridine rings is 1. The number of hydrogen-bond acceptors (Lipinski definition) is 4. The van der Waals surface area contributed by atoms with Gasteiger partial charge in [-0.3, -0.25) is 0 Å². The van der Waals surface area contributed by atoms with Gasteiger partial charge in [0.15, 0.2) is 9.84 Å². The van der Waals surface area contributed by atoms with Crippen molar-refractivity contribution in [1.82, 2.24) is 4.98 Å². The number of nitrogens with one attached hydrogen (secondary N) is 1. The minimum Gasteiger partial charge on any atom is -0.366 e. The van der Waals surface area contributed by atoms with Crippen LogP contribution in [-0.4, -0.2) is 25.7 Å². The number of rotatable bonds is 3. The van der Waals surface area contributed by atoms with E-state index in [1.165, 1.54) is 17.4 Å². The smallest absolute Gasteiger partial charge is 0.179 e. The Balaban J connectivity index is 1.85. The molecule has 1 N–H and O–H groups in total. The largest absolute Gasteiger partial charge is 0.366 e. The van der Waals surface area contributed by atoms with Crippen LogP contribution in [0.4, 0.5) is 5.82 Å². The van der Waals surface area contributed by atoms with E-state index < -0.39 is 9.84 Å². The molecule has 1 aromatic carbocycles. The molecule has 5 heteroatoms. The number of hydrogen-bond donors (Lipinski definition) is 1. The average molecular weight is 288 g/mol. The van der Waals surface area contributed by atoms with E-state index in [9.17, 15) is 8.42 Å². The second-order valence-electron chi connectivity index (χ2n) is 5.14. The fourth-order valence-corrected chi connectivity index (χ4v) is 3.44. The van der Waals surface area contributed by atoms with E-state index in [2.05, 4.69) is 22.4 Å². The molecule has 1 heterocycles. The van der Waals surface area contributed by atoms with E-state index in [1.807, 2.05) is 12.1 Å². The Morgan fingerprint density at radius 2 is 1.75 bits per heavy atom. The van der Waals surface area contributed by atoms with Gasteiger partial charge in [0.05, 0.1) is 0 Å². The van der Waals surface area contributed by atoms with E-state index in [1.54, 1.807) is 18.3 Å². The summed E-state index contributed by atoms with van der Waals surface area (Å²) in [5.41, 5.74) is 2.64. The summed E-state index contributed by atoms with van der Waals surface area (Å²) in [6.45, 7) is 0. The van der Waals surface area contributed by atoms with Crippen molar-refractivity contribution >= 4 is 15.7 Å². The normalized spacial score (nSPS) is 15.1. The van der Waals surface area contributed by atoms with Gasteiger partial charge in [-0.25, -0.2) is 13.4 Å². The Kier molecular flexibility index (Phi) is 3.22. The molecule has 4 nitrogen and oxygen atoms in total. The summed E-state index contributed by atoms with van der Waals surface area (Å²) in [5, 5.41) is 3.27. The quantitative estimate of drug-likeness (QED) is 0.939.